The maximum atomic E-state index is 12.8. The lowest BCUT2D eigenvalue weighted by Gasteiger charge is -2.26. The van der Waals surface area contributed by atoms with E-state index in [-0.39, 0.29) is 35.1 Å². The fourth-order valence-electron chi connectivity index (χ4n) is 2.85. The zero-order valence-electron chi connectivity index (χ0n) is 16.3. The van der Waals surface area contributed by atoms with Gasteiger partial charge in [-0.05, 0) is 29.8 Å². The van der Waals surface area contributed by atoms with E-state index >= 15 is 0 Å². The van der Waals surface area contributed by atoms with Crippen molar-refractivity contribution in [3.05, 3.63) is 63.6 Å². The number of hydrogen-bond donors (Lipinski definition) is 1. The molecule has 31 heavy (non-hydrogen) atoms. The summed E-state index contributed by atoms with van der Waals surface area (Å²) in [5, 5.41) is 3.11. The van der Waals surface area contributed by atoms with Crippen molar-refractivity contribution in [1.29, 1.82) is 0 Å². The van der Waals surface area contributed by atoms with Crippen LogP contribution in [0.3, 0.4) is 0 Å². The molecular weight excluding hydrogens is 467 g/mol. The van der Waals surface area contributed by atoms with Gasteiger partial charge in [0.25, 0.3) is 5.91 Å². The number of nitrogens with one attached hydrogen (secondary N) is 1. The second kappa shape index (κ2) is 10.4. The second-order valence-electron chi connectivity index (χ2n) is 6.60. The number of halogens is 2. The van der Waals surface area contributed by atoms with E-state index in [4.69, 9.17) is 32.7 Å². The molecule has 166 valence electrons. The molecule has 0 aromatic heterocycles. The Morgan fingerprint density at radius 1 is 1.06 bits per heavy atom. The summed E-state index contributed by atoms with van der Waals surface area (Å²) in [6.07, 6.45) is 0. The molecule has 1 amide bonds. The number of amides is 1. The van der Waals surface area contributed by atoms with E-state index in [1.54, 1.807) is 24.3 Å². The number of hydrogen-bond acceptors (Lipinski definition) is 6. The summed E-state index contributed by atoms with van der Waals surface area (Å²) < 4.78 is 37.0. The van der Waals surface area contributed by atoms with Crippen molar-refractivity contribution in [2.75, 3.05) is 32.9 Å². The topological polar surface area (TPSA) is 102 Å². The van der Waals surface area contributed by atoms with Crippen molar-refractivity contribution >= 4 is 45.1 Å². The number of rotatable bonds is 7. The molecule has 0 atom stereocenters. The van der Waals surface area contributed by atoms with Crippen LogP contribution in [0, 0.1) is 0 Å². The zero-order valence-corrected chi connectivity index (χ0v) is 18.7. The molecule has 11 heteroatoms. The van der Waals surface area contributed by atoms with E-state index in [1.807, 2.05) is 0 Å². The van der Waals surface area contributed by atoms with Gasteiger partial charge in [-0.2, -0.15) is 4.31 Å². The number of ether oxygens (including phenoxy) is 2. The smallest absolute Gasteiger partial charge is 0.340 e. The first-order valence-electron chi connectivity index (χ1n) is 9.33. The van der Waals surface area contributed by atoms with Gasteiger partial charge in [0.1, 0.15) is 0 Å². The van der Waals surface area contributed by atoms with Crippen LogP contribution in [0.25, 0.3) is 0 Å². The summed E-state index contributed by atoms with van der Waals surface area (Å²) in [6.45, 7) is 0.646. The summed E-state index contributed by atoms with van der Waals surface area (Å²) in [6, 6.07) is 10.8. The standard InChI is InChI=1S/C20H20Cl2N2O6S/c21-17-4-2-1-3-14(17)12-23-19(25)13-30-20(26)16-11-15(5-6-18(16)22)31(27,28)24-7-9-29-10-8-24/h1-6,11H,7-10,12-13H2,(H,23,25). The Morgan fingerprint density at radius 3 is 2.48 bits per heavy atom. The highest BCUT2D eigenvalue weighted by Gasteiger charge is 2.28. The third kappa shape index (κ3) is 5.96. The average Bonchev–Trinajstić information content (AvgIpc) is 2.77. The van der Waals surface area contributed by atoms with E-state index in [1.165, 1.54) is 16.4 Å². The summed E-state index contributed by atoms with van der Waals surface area (Å²) in [5.41, 5.74) is 0.572. The average molecular weight is 487 g/mol. The van der Waals surface area contributed by atoms with Crippen LogP contribution in [0.4, 0.5) is 0 Å². The van der Waals surface area contributed by atoms with Gasteiger partial charge >= 0.3 is 5.97 Å². The molecule has 0 saturated carbocycles. The van der Waals surface area contributed by atoms with Gasteiger partial charge < -0.3 is 14.8 Å². The van der Waals surface area contributed by atoms with Crippen LogP contribution < -0.4 is 5.32 Å². The molecule has 0 radical (unpaired) electrons. The van der Waals surface area contributed by atoms with Gasteiger partial charge in [0.05, 0.1) is 28.7 Å². The molecule has 1 fully saturated rings. The van der Waals surface area contributed by atoms with Crippen molar-refractivity contribution in [2.45, 2.75) is 11.4 Å². The molecule has 1 aliphatic heterocycles. The van der Waals surface area contributed by atoms with E-state index in [2.05, 4.69) is 5.32 Å². The molecule has 0 spiro atoms. The minimum atomic E-state index is -3.81. The third-order valence-electron chi connectivity index (χ3n) is 4.53. The summed E-state index contributed by atoms with van der Waals surface area (Å²) in [4.78, 5) is 24.3. The predicted molar refractivity (Wildman–Crippen MR) is 115 cm³/mol. The molecule has 3 rings (SSSR count). The Balaban J connectivity index is 1.62. The lowest BCUT2D eigenvalue weighted by molar-refractivity contribution is -0.124. The quantitative estimate of drug-likeness (QED) is 0.603. The molecule has 1 N–H and O–H groups in total. The largest absolute Gasteiger partial charge is 0.452 e. The highest BCUT2D eigenvalue weighted by atomic mass is 35.5. The van der Waals surface area contributed by atoms with Crippen LogP contribution in [0.15, 0.2) is 47.4 Å². The maximum Gasteiger partial charge on any atom is 0.340 e. The molecule has 1 heterocycles. The van der Waals surface area contributed by atoms with Gasteiger partial charge in [-0.25, -0.2) is 13.2 Å². The number of benzene rings is 2. The zero-order chi connectivity index (χ0) is 22.4. The van der Waals surface area contributed by atoms with Gasteiger partial charge in [0.2, 0.25) is 10.0 Å². The molecule has 0 aliphatic carbocycles. The van der Waals surface area contributed by atoms with Crippen molar-refractivity contribution in [3.8, 4) is 0 Å². The number of esters is 1. The first-order valence-corrected chi connectivity index (χ1v) is 11.5. The molecule has 0 unspecified atom stereocenters. The Hall–Kier alpha value is -2.17. The van der Waals surface area contributed by atoms with Crippen molar-refractivity contribution in [2.24, 2.45) is 0 Å². The van der Waals surface area contributed by atoms with Crippen LogP contribution in [0.5, 0.6) is 0 Å². The van der Waals surface area contributed by atoms with Crippen LogP contribution in [-0.2, 0) is 30.8 Å². The normalized spacial score (nSPS) is 14.8. The molecule has 2 aromatic rings. The van der Waals surface area contributed by atoms with E-state index in [0.717, 1.165) is 6.07 Å². The van der Waals surface area contributed by atoms with Crippen molar-refractivity contribution in [3.63, 3.8) is 0 Å². The maximum absolute atomic E-state index is 12.8. The van der Waals surface area contributed by atoms with Crippen LogP contribution in [0.2, 0.25) is 10.0 Å². The van der Waals surface area contributed by atoms with Gasteiger partial charge in [-0.15, -0.1) is 0 Å². The number of nitrogens with zero attached hydrogens (tertiary/aromatic N) is 1. The summed E-state index contributed by atoms with van der Waals surface area (Å²) in [5.74, 6) is -1.45. The van der Waals surface area contributed by atoms with Crippen molar-refractivity contribution < 1.29 is 27.5 Å². The van der Waals surface area contributed by atoms with E-state index in [0.29, 0.717) is 23.8 Å². The molecule has 0 bridgehead atoms. The number of sulfonamides is 1. The van der Waals surface area contributed by atoms with Gasteiger partial charge in [0.15, 0.2) is 6.61 Å². The number of morpholine rings is 1. The number of carbonyl (C=O) groups is 2. The molecule has 2 aromatic carbocycles. The highest BCUT2D eigenvalue weighted by Crippen LogP contribution is 2.24. The van der Waals surface area contributed by atoms with Gasteiger partial charge in [0, 0.05) is 24.7 Å². The van der Waals surface area contributed by atoms with Crippen LogP contribution in [0.1, 0.15) is 15.9 Å². The minimum absolute atomic E-state index is 0.0161. The monoisotopic (exact) mass is 486 g/mol. The Kier molecular flexibility index (Phi) is 7.90. The summed E-state index contributed by atoms with van der Waals surface area (Å²) in [7, 11) is -3.81. The highest BCUT2D eigenvalue weighted by molar-refractivity contribution is 7.89. The molecule has 1 saturated heterocycles. The van der Waals surface area contributed by atoms with Crippen LogP contribution in [-0.4, -0.2) is 57.5 Å². The Labute approximate surface area is 190 Å². The first kappa shape index (κ1) is 23.5. The van der Waals surface area contributed by atoms with Gasteiger partial charge in [-0.3, -0.25) is 4.79 Å². The van der Waals surface area contributed by atoms with Crippen molar-refractivity contribution in [1.82, 2.24) is 9.62 Å². The molecule has 8 nitrogen and oxygen atoms in total. The lowest BCUT2D eigenvalue weighted by atomic mass is 10.2. The van der Waals surface area contributed by atoms with E-state index in [9.17, 15) is 18.0 Å². The summed E-state index contributed by atoms with van der Waals surface area (Å²) >= 11 is 12.1. The fourth-order valence-corrected chi connectivity index (χ4v) is 4.68. The molecule has 1 aliphatic rings. The van der Waals surface area contributed by atoms with Crippen LogP contribution >= 0.6 is 23.2 Å². The SMILES string of the molecule is O=C(COC(=O)c1cc(S(=O)(=O)N2CCOCC2)ccc1Cl)NCc1ccccc1Cl. The second-order valence-corrected chi connectivity index (χ2v) is 9.35. The fraction of sp³-hybridized carbons (Fsp3) is 0.300. The van der Waals surface area contributed by atoms with Gasteiger partial charge in [-0.1, -0.05) is 41.4 Å². The lowest BCUT2D eigenvalue weighted by Crippen LogP contribution is -2.40. The molecular formula is C20H20Cl2N2O6S. The third-order valence-corrected chi connectivity index (χ3v) is 7.13. The number of carbonyl (C=O) groups excluding carboxylic acids is 2. The first-order chi connectivity index (χ1) is 14.8. The van der Waals surface area contributed by atoms with E-state index < -0.39 is 28.5 Å². The Morgan fingerprint density at radius 2 is 1.77 bits per heavy atom. The predicted octanol–water partition coefficient (Wildman–Crippen LogP) is 2.49. The Bertz CT molecular complexity index is 1070. The minimum Gasteiger partial charge on any atom is -0.452 e.